The number of hydrogen-bond donors (Lipinski definition) is 1. The van der Waals surface area contributed by atoms with Gasteiger partial charge in [-0.25, -0.2) is 0 Å². The van der Waals surface area contributed by atoms with E-state index in [2.05, 4.69) is 15.5 Å². The van der Waals surface area contributed by atoms with Crippen molar-refractivity contribution in [3.63, 3.8) is 0 Å². The largest absolute Gasteiger partial charge is 0.350 e. The highest BCUT2D eigenvalue weighted by molar-refractivity contribution is 7.10. The second kappa shape index (κ2) is 6.44. The van der Waals surface area contributed by atoms with Crippen LogP contribution in [-0.4, -0.2) is 18.4 Å². The van der Waals surface area contributed by atoms with E-state index < -0.39 is 0 Å². The molecule has 0 fully saturated rings. The van der Waals surface area contributed by atoms with Crippen LogP contribution in [-0.2, 0) is 4.79 Å². The average Bonchev–Trinajstić information content (AvgIpc) is 3.06. The SMILES string of the molecule is O=C(/C=C\c1cccs1)NCC1N=NC(=O)c2ccccc21. The van der Waals surface area contributed by atoms with E-state index in [4.69, 9.17) is 0 Å². The Labute approximate surface area is 131 Å². The molecule has 0 aliphatic carbocycles. The summed E-state index contributed by atoms with van der Waals surface area (Å²) >= 11 is 1.56. The molecule has 0 saturated carbocycles. The van der Waals surface area contributed by atoms with E-state index in [1.807, 2.05) is 29.6 Å². The minimum Gasteiger partial charge on any atom is -0.350 e. The van der Waals surface area contributed by atoms with Crippen molar-refractivity contribution in [3.8, 4) is 0 Å². The number of benzene rings is 1. The van der Waals surface area contributed by atoms with E-state index in [1.165, 1.54) is 6.08 Å². The molecule has 2 aromatic rings. The summed E-state index contributed by atoms with van der Waals surface area (Å²) in [6.45, 7) is 0.307. The monoisotopic (exact) mass is 311 g/mol. The summed E-state index contributed by atoms with van der Waals surface area (Å²) in [4.78, 5) is 24.5. The van der Waals surface area contributed by atoms with E-state index >= 15 is 0 Å². The van der Waals surface area contributed by atoms with Crippen LogP contribution in [0.4, 0.5) is 0 Å². The van der Waals surface area contributed by atoms with Gasteiger partial charge in [0.15, 0.2) is 0 Å². The van der Waals surface area contributed by atoms with E-state index in [0.29, 0.717) is 12.1 Å². The number of fused-ring (bicyclic) bond motifs is 1. The van der Waals surface area contributed by atoms with Crippen molar-refractivity contribution in [2.24, 2.45) is 10.2 Å². The highest BCUT2D eigenvalue weighted by Crippen LogP contribution is 2.26. The van der Waals surface area contributed by atoms with Crippen molar-refractivity contribution >= 4 is 29.2 Å². The minimum atomic E-state index is -0.337. The van der Waals surface area contributed by atoms with E-state index in [1.54, 1.807) is 29.5 Å². The molecule has 2 amide bonds. The van der Waals surface area contributed by atoms with Crippen LogP contribution < -0.4 is 5.32 Å². The fourth-order valence-corrected chi connectivity index (χ4v) is 2.79. The normalized spacial score (nSPS) is 16.7. The Balaban J connectivity index is 1.63. The lowest BCUT2D eigenvalue weighted by Crippen LogP contribution is -2.27. The van der Waals surface area contributed by atoms with Gasteiger partial charge < -0.3 is 5.32 Å². The van der Waals surface area contributed by atoms with Gasteiger partial charge in [-0.1, -0.05) is 24.3 Å². The lowest BCUT2D eigenvalue weighted by Gasteiger charge is -2.17. The van der Waals surface area contributed by atoms with Gasteiger partial charge in [0.25, 0.3) is 5.91 Å². The Morgan fingerprint density at radius 3 is 2.95 bits per heavy atom. The first-order chi connectivity index (χ1) is 10.7. The Hall–Kier alpha value is -2.60. The molecule has 1 N–H and O–H groups in total. The summed E-state index contributed by atoms with van der Waals surface area (Å²) in [5, 5.41) is 12.3. The van der Waals surface area contributed by atoms with Gasteiger partial charge >= 0.3 is 0 Å². The Bertz CT molecular complexity index is 751. The summed E-state index contributed by atoms with van der Waals surface area (Å²) in [5.41, 5.74) is 1.34. The average molecular weight is 311 g/mol. The van der Waals surface area contributed by atoms with Gasteiger partial charge in [0.1, 0.15) is 6.04 Å². The first-order valence-corrected chi connectivity index (χ1v) is 7.65. The topological polar surface area (TPSA) is 70.9 Å². The van der Waals surface area contributed by atoms with E-state index in [-0.39, 0.29) is 17.9 Å². The van der Waals surface area contributed by atoms with Crippen LogP contribution in [0.1, 0.15) is 26.8 Å². The van der Waals surface area contributed by atoms with Crippen molar-refractivity contribution in [3.05, 3.63) is 63.9 Å². The van der Waals surface area contributed by atoms with E-state index in [0.717, 1.165) is 10.4 Å². The van der Waals surface area contributed by atoms with Crippen LogP contribution in [0.5, 0.6) is 0 Å². The van der Waals surface area contributed by atoms with Crippen molar-refractivity contribution in [1.29, 1.82) is 0 Å². The number of nitrogens with one attached hydrogen (secondary N) is 1. The van der Waals surface area contributed by atoms with Crippen LogP contribution >= 0.6 is 11.3 Å². The molecule has 1 aliphatic rings. The lowest BCUT2D eigenvalue weighted by atomic mass is 9.99. The molecule has 2 heterocycles. The van der Waals surface area contributed by atoms with Gasteiger partial charge in [-0.05, 0) is 29.2 Å². The first-order valence-electron chi connectivity index (χ1n) is 6.77. The molecule has 22 heavy (non-hydrogen) atoms. The van der Waals surface area contributed by atoms with Gasteiger partial charge in [0.2, 0.25) is 5.91 Å². The molecule has 1 aliphatic heterocycles. The first kappa shape index (κ1) is 14.3. The highest BCUT2D eigenvalue weighted by atomic mass is 32.1. The molecule has 1 aromatic heterocycles. The molecule has 0 saturated heterocycles. The summed E-state index contributed by atoms with van der Waals surface area (Å²) in [5.74, 6) is -0.534. The quantitative estimate of drug-likeness (QED) is 0.881. The Morgan fingerprint density at radius 2 is 2.14 bits per heavy atom. The van der Waals surface area contributed by atoms with Gasteiger partial charge in [-0.15, -0.1) is 16.5 Å². The molecule has 1 atom stereocenters. The number of rotatable bonds is 4. The van der Waals surface area contributed by atoms with Crippen molar-refractivity contribution in [1.82, 2.24) is 5.32 Å². The number of carbonyl (C=O) groups is 2. The van der Waals surface area contributed by atoms with Gasteiger partial charge in [0, 0.05) is 23.1 Å². The molecule has 110 valence electrons. The van der Waals surface area contributed by atoms with Crippen molar-refractivity contribution in [2.75, 3.05) is 6.54 Å². The fourth-order valence-electron chi connectivity index (χ4n) is 2.17. The summed E-state index contributed by atoms with van der Waals surface area (Å²) in [6.07, 6.45) is 3.25. The number of carbonyl (C=O) groups excluding carboxylic acids is 2. The highest BCUT2D eigenvalue weighted by Gasteiger charge is 2.23. The lowest BCUT2D eigenvalue weighted by molar-refractivity contribution is -0.116. The molecule has 0 spiro atoms. The van der Waals surface area contributed by atoms with Crippen LogP contribution in [0.3, 0.4) is 0 Å². The number of azo groups is 1. The molecular formula is C16H13N3O2S. The molecular weight excluding hydrogens is 298 g/mol. The number of thiophene rings is 1. The molecule has 5 nitrogen and oxygen atoms in total. The predicted octanol–water partition coefficient (Wildman–Crippen LogP) is 3.22. The Morgan fingerprint density at radius 1 is 1.27 bits per heavy atom. The van der Waals surface area contributed by atoms with Gasteiger partial charge in [-0.3, -0.25) is 9.59 Å². The minimum absolute atomic E-state index is 0.196. The van der Waals surface area contributed by atoms with Gasteiger partial charge in [-0.2, -0.15) is 5.11 Å². The molecule has 3 rings (SSSR count). The third-order valence-electron chi connectivity index (χ3n) is 3.25. The van der Waals surface area contributed by atoms with Crippen LogP contribution in [0.2, 0.25) is 0 Å². The van der Waals surface area contributed by atoms with Crippen LogP contribution in [0, 0.1) is 0 Å². The van der Waals surface area contributed by atoms with Crippen LogP contribution in [0.25, 0.3) is 6.08 Å². The second-order valence-electron chi connectivity index (χ2n) is 4.72. The van der Waals surface area contributed by atoms with Crippen LogP contribution in [0.15, 0.2) is 58.1 Å². The summed E-state index contributed by atoms with van der Waals surface area (Å²) < 4.78 is 0. The summed E-state index contributed by atoms with van der Waals surface area (Å²) in [6, 6.07) is 10.7. The molecule has 1 aromatic carbocycles. The maximum absolute atomic E-state index is 11.8. The molecule has 1 unspecified atom stereocenters. The number of nitrogens with zero attached hydrogens (tertiary/aromatic N) is 2. The standard InChI is InChI=1S/C16H13N3O2S/c20-15(8-7-11-4-3-9-22-11)17-10-14-12-5-1-2-6-13(12)16(21)19-18-14/h1-9,14H,10H2,(H,17,20)/b8-7-. The fraction of sp³-hybridized carbons (Fsp3) is 0.125. The maximum Gasteiger partial charge on any atom is 0.295 e. The zero-order valence-corrected chi connectivity index (χ0v) is 12.4. The second-order valence-corrected chi connectivity index (χ2v) is 5.70. The predicted molar refractivity (Wildman–Crippen MR) is 84.7 cm³/mol. The van der Waals surface area contributed by atoms with E-state index in [9.17, 15) is 9.59 Å². The van der Waals surface area contributed by atoms with Gasteiger partial charge in [0.05, 0.1) is 0 Å². The molecule has 0 radical (unpaired) electrons. The molecule has 0 bridgehead atoms. The Kier molecular flexibility index (Phi) is 4.20. The third kappa shape index (κ3) is 3.17. The number of amides is 2. The van der Waals surface area contributed by atoms with Crippen molar-refractivity contribution < 1.29 is 9.59 Å². The van der Waals surface area contributed by atoms with Crippen molar-refractivity contribution in [2.45, 2.75) is 6.04 Å². The summed E-state index contributed by atoms with van der Waals surface area (Å²) in [7, 11) is 0. The smallest absolute Gasteiger partial charge is 0.295 e. The molecule has 6 heteroatoms. The number of hydrogen-bond acceptors (Lipinski definition) is 4. The maximum atomic E-state index is 11.8. The zero-order valence-electron chi connectivity index (χ0n) is 11.6. The zero-order chi connectivity index (χ0) is 15.4. The third-order valence-corrected chi connectivity index (χ3v) is 4.09.